The highest BCUT2D eigenvalue weighted by molar-refractivity contribution is 7.92. The number of unbranched alkanes of at least 4 members (excludes halogenated alkanes) is 1. The Morgan fingerprint density at radius 2 is 1.71 bits per heavy atom. The molecule has 11 heteroatoms. The Hall–Kier alpha value is -2.00. The Balaban J connectivity index is 2.38. The molecule has 1 N–H and O–H groups in total. The first-order valence-electron chi connectivity index (χ1n) is 10.7. The monoisotopic (exact) mass is 547 g/mol. The summed E-state index contributed by atoms with van der Waals surface area (Å²) in [6, 6.07) is 10.5. The molecular weight excluding hydrogens is 521 g/mol. The number of nitrogens with one attached hydrogen (secondary N) is 1. The number of benzene rings is 2. The molecule has 34 heavy (non-hydrogen) atoms. The summed E-state index contributed by atoms with van der Waals surface area (Å²) < 4.78 is 26.1. The van der Waals surface area contributed by atoms with Crippen LogP contribution < -0.4 is 9.62 Å². The van der Waals surface area contributed by atoms with Crippen LogP contribution in [-0.2, 0) is 26.2 Å². The number of anilines is 1. The zero-order valence-corrected chi connectivity index (χ0v) is 22.3. The van der Waals surface area contributed by atoms with Crippen LogP contribution in [-0.4, -0.2) is 50.5 Å². The van der Waals surface area contributed by atoms with Crippen LogP contribution in [0.1, 0.15) is 32.3 Å². The summed E-state index contributed by atoms with van der Waals surface area (Å²) in [6.45, 7) is 3.62. The average Bonchev–Trinajstić information content (AvgIpc) is 2.78. The van der Waals surface area contributed by atoms with Crippen molar-refractivity contribution in [2.45, 2.75) is 39.3 Å². The smallest absolute Gasteiger partial charge is 0.244 e. The maximum atomic E-state index is 13.5. The van der Waals surface area contributed by atoms with Gasteiger partial charge in [-0.05, 0) is 43.2 Å². The molecule has 1 atom stereocenters. The summed E-state index contributed by atoms with van der Waals surface area (Å²) in [5.74, 6) is -0.906. The summed E-state index contributed by atoms with van der Waals surface area (Å²) in [4.78, 5) is 27.6. The van der Waals surface area contributed by atoms with Crippen molar-refractivity contribution < 1.29 is 18.0 Å². The molecule has 0 unspecified atom stereocenters. The van der Waals surface area contributed by atoms with E-state index in [9.17, 15) is 18.0 Å². The third-order valence-corrected chi connectivity index (χ3v) is 7.33. The molecule has 0 aliphatic carbocycles. The molecule has 7 nitrogen and oxygen atoms in total. The molecule has 0 heterocycles. The van der Waals surface area contributed by atoms with Gasteiger partial charge in [0.1, 0.15) is 12.6 Å². The van der Waals surface area contributed by atoms with Crippen LogP contribution in [0.2, 0.25) is 15.1 Å². The third kappa shape index (κ3) is 7.77. The van der Waals surface area contributed by atoms with E-state index in [-0.39, 0.29) is 28.2 Å². The summed E-state index contributed by atoms with van der Waals surface area (Å²) in [5, 5.41) is 3.52. The van der Waals surface area contributed by atoms with Gasteiger partial charge in [-0.2, -0.15) is 0 Å². The van der Waals surface area contributed by atoms with Gasteiger partial charge in [-0.1, -0.05) is 66.3 Å². The molecule has 2 aromatic rings. The lowest BCUT2D eigenvalue weighted by molar-refractivity contribution is -0.139. The van der Waals surface area contributed by atoms with Gasteiger partial charge in [-0.15, -0.1) is 0 Å². The van der Waals surface area contributed by atoms with E-state index in [4.69, 9.17) is 34.8 Å². The fourth-order valence-electron chi connectivity index (χ4n) is 3.18. The van der Waals surface area contributed by atoms with E-state index in [1.165, 1.54) is 17.0 Å². The minimum Gasteiger partial charge on any atom is -0.354 e. The minimum absolute atomic E-state index is 0.0111. The zero-order chi connectivity index (χ0) is 25.5. The van der Waals surface area contributed by atoms with Crippen molar-refractivity contribution in [2.24, 2.45) is 0 Å². The number of rotatable bonds is 11. The van der Waals surface area contributed by atoms with Crippen molar-refractivity contribution >= 4 is 62.3 Å². The van der Waals surface area contributed by atoms with Gasteiger partial charge in [0, 0.05) is 18.1 Å². The molecule has 0 radical (unpaired) electrons. The molecule has 2 amide bonds. The van der Waals surface area contributed by atoms with Crippen molar-refractivity contribution in [1.29, 1.82) is 0 Å². The second-order valence-corrected chi connectivity index (χ2v) is 10.9. The van der Waals surface area contributed by atoms with Gasteiger partial charge in [0.25, 0.3) is 0 Å². The predicted octanol–water partition coefficient (Wildman–Crippen LogP) is 4.75. The standard InChI is InChI=1S/C23H28Cl3N3O4S/c1-4-5-13-27-23(31)16(2)28(14-17-9-11-18(24)12-10-17)21(30)15-29(34(3,32)33)20-8-6-7-19(25)22(20)26/h6-12,16H,4-5,13-15H2,1-3H3,(H,27,31)/t16-/m0/s1. The normalized spacial score (nSPS) is 12.2. The number of halogens is 3. The number of hydrogen-bond acceptors (Lipinski definition) is 4. The van der Waals surface area contributed by atoms with Crippen molar-refractivity contribution in [2.75, 3.05) is 23.7 Å². The zero-order valence-electron chi connectivity index (χ0n) is 19.2. The highest BCUT2D eigenvalue weighted by Crippen LogP contribution is 2.33. The number of nitrogens with zero attached hydrogens (tertiary/aromatic N) is 2. The van der Waals surface area contributed by atoms with Crippen molar-refractivity contribution in [3.8, 4) is 0 Å². The van der Waals surface area contributed by atoms with Gasteiger partial charge < -0.3 is 10.2 Å². The van der Waals surface area contributed by atoms with Crippen molar-refractivity contribution in [1.82, 2.24) is 10.2 Å². The van der Waals surface area contributed by atoms with Gasteiger partial charge >= 0.3 is 0 Å². The van der Waals surface area contributed by atoms with Crippen LogP contribution in [0.25, 0.3) is 0 Å². The first-order valence-corrected chi connectivity index (χ1v) is 13.7. The van der Waals surface area contributed by atoms with Crippen LogP contribution >= 0.6 is 34.8 Å². The van der Waals surface area contributed by atoms with Crippen LogP contribution in [0, 0.1) is 0 Å². The summed E-state index contributed by atoms with van der Waals surface area (Å²) >= 11 is 18.3. The van der Waals surface area contributed by atoms with Gasteiger partial charge in [-0.3, -0.25) is 13.9 Å². The van der Waals surface area contributed by atoms with E-state index in [2.05, 4.69) is 5.32 Å². The molecule has 2 aromatic carbocycles. The summed E-state index contributed by atoms with van der Waals surface area (Å²) in [6.07, 6.45) is 2.69. The van der Waals surface area contributed by atoms with Crippen molar-refractivity contribution in [3.05, 3.63) is 63.1 Å². The number of carbonyl (C=O) groups excluding carboxylic acids is 2. The molecular formula is C23H28Cl3N3O4S. The molecule has 0 spiro atoms. The molecule has 0 saturated carbocycles. The number of hydrogen-bond donors (Lipinski definition) is 1. The molecule has 0 aliphatic rings. The van der Waals surface area contributed by atoms with E-state index >= 15 is 0 Å². The van der Waals surface area contributed by atoms with E-state index in [0.29, 0.717) is 11.6 Å². The summed E-state index contributed by atoms with van der Waals surface area (Å²) in [5.41, 5.74) is 0.814. The lowest BCUT2D eigenvalue weighted by Crippen LogP contribution is -2.51. The van der Waals surface area contributed by atoms with Gasteiger partial charge in [0.05, 0.1) is 22.0 Å². The molecule has 0 fully saturated rings. The lowest BCUT2D eigenvalue weighted by atomic mass is 10.1. The fourth-order valence-corrected chi connectivity index (χ4v) is 4.61. The Bertz CT molecular complexity index is 1110. The van der Waals surface area contributed by atoms with E-state index in [1.54, 1.807) is 37.3 Å². The second-order valence-electron chi connectivity index (χ2n) is 7.81. The first-order chi connectivity index (χ1) is 16.0. The highest BCUT2D eigenvalue weighted by atomic mass is 35.5. The lowest BCUT2D eigenvalue weighted by Gasteiger charge is -2.31. The highest BCUT2D eigenvalue weighted by Gasteiger charge is 2.31. The van der Waals surface area contributed by atoms with Gasteiger partial charge in [-0.25, -0.2) is 8.42 Å². The third-order valence-electron chi connectivity index (χ3n) is 5.14. The maximum Gasteiger partial charge on any atom is 0.244 e. The van der Waals surface area contributed by atoms with E-state index in [0.717, 1.165) is 29.0 Å². The number of sulfonamides is 1. The van der Waals surface area contributed by atoms with Crippen LogP contribution in [0.5, 0.6) is 0 Å². The average molecular weight is 549 g/mol. The molecule has 0 aromatic heterocycles. The van der Waals surface area contributed by atoms with Crippen LogP contribution in [0.3, 0.4) is 0 Å². The number of amides is 2. The van der Waals surface area contributed by atoms with Crippen molar-refractivity contribution in [3.63, 3.8) is 0 Å². The molecule has 0 aliphatic heterocycles. The Labute approximate surface area is 216 Å². The Morgan fingerprint density at radius 3 is 2.29 bits per heavy atom. The first kappa shape index (κ1) is 28.2. The molecule has 0 saturated heterocycles. The largest absolute Gasteiger partial charge is 0.354 e. The molecule has 0 bridgehead atoms. The Morgan fingerprint density at radius 1 is 1.06 bits per heavy atom. The molecule has 2 rings (SSSR count). The van der Waals surface area contributed by atoms with Gasteiger partial charge in [0.15, 0.2) is 0 Å². The SMILES string of the molecule is CCCCNC(=O)[C@H](C)N(Cc1ccc(Cl)cc1)C(=O)CN(c1cccc(Cl)c1Cl)S(C)(=O)=O. The van der Waals surface area contributed by atoms with Crippen LogP contribution in [0.15, 0.2) is 42.5 Å². The quantitative estimate of drug-likeness (QED) is 0.411. The Kier molecular flexibility index (Phi) is 10.5. The second kappa shape index (κ2) is 12.6. The van der Waals surface area contributed by atoms with Crippen LogP contribution in [0.4, 0.5) is 5.69 Å². The number of carbonyl (C=O) groups is 2. The maximum absolute atomic E-state index is 13.5. The van der Waals surface area contributed by atoms with E-state index < -0.39 is 28.5 Å². The predicted molar refractivity (Wildman–Crippen MR) is 138 cm³/mol. The minimum atomic E-state index is -3.90. The fraction of sp³-hybridized carbons (Fsp3) is 0.391. The van der Waals surface area contributed by atoms with E-state index in [1.807, 2.05) is 6.92 Å². The topological polar surface area (TPSA) is 86.8 Å². The van der Waals surface area contributed by atoms with Gasteiger partial charge in [0.2, 0.25) is 21.8 Å². The molecule has 186 valence electrons. The summed E-state index contributed by atoms with van der Waals surface area (Å²) in [7, 11) is -3.90.